The average Bonchev–Trinajstić information content (AvgIpc) is 2.56. The highest BCUT2D eigenvalue weighted by atomic mass is 31.2. The van der Waals surface area contributed by atoms with Gasteiger partial charge in [-0.25, -0.2) is 4.39 Å². The Bertz CT molecular complexity index is 944. The van der Waals surface area contributed by atoms with Gasteiger partial charge in [-0.2, -0.15) is 0 Å². The van der Waals surface area contributed by atoms with E-state index in [1.165, 1.54) is 6.08 Å². The average molecular weight is 406 g/mol. The van der Waals surface area contributed by atoms with Gasteiger partial charge in [-0.3, -0.25) is 9.36 Å². The first-order valence-corrected chi connectivity index (χ1v) is 10.7. The van der Waals surface area contributed by atoms with Crippen molar-refractivity contribution in [3.8, 4) is 11.1 Å². The van der Waals surface area contributed by atoms with E-state index >= 15 is 0 Å². The Morgan fingerprint density at radius 1 is 1.18 bits per heavy atom. The number of carboxylic acids is 1. The number of carboxylic acid groups (broad SMARTS) is 1. The van der Waals surface area contributed by atoms with Gasteiger partial charge in [-0.1, -0.05) is 18.2 Å². The number of aliphatic hydroxyl groups is 1. The Kier molecular flexibility index (Phi) is 6.94. The highest BCUT2D eigenvalue weighted by molar-refractivity contribution is 7.61. The Morgan fingerprint density at radius 2 is 1.79 bits per heavy atom. The Balaban J connectivity index is 2.40. The molecule has 2 aromatic carbocycles. The molecule has 0 aliphatic heterocycles. The third-order valence-corrected chi connectivity index (χ3v) is 5.99. The molecule has 0 saturated carbocycles. The Hall–Kier alpha value is -2.27. The summed E-state index contributed by atoms with van der Waals surface area (Å²) in [5.41, 5.74) is 4.16. The number of aliphatic hydroxyl groups excluding tert-OH is 1. The molecule has 0 aromatic heterocycles. The molecular weight excluding hydrogens is 382 g/mol. The molecule has 0 saturated heterocycles. The number of rotatable bonds is 7. The van der Waals surface area contributed by atoms with Crippen LogP contribution in [0.5, 0.6) is 0 Å². The number of halogens is 1. The summed E-state index contributed by atoms with van der Waals surface area (Å²) < 4.78 is 26.3. The molecule has 0 radical (unpaired) electrons. The van der Waals surface area contributed by atoms with Gasteiger partial charge in [-0.05, 0) is 72.4 Å². The number of hydrogen-bond donors (Lipinski definition) is 3. The second-order valence-corrected chi connectivity index (χ2v) is 9.14. The molecule has 0 heterocycles. The molecule has 150 valence electrons. The fraction of sp³-hybridized carbons (Fsp3) is 0.286. The quantitative estimate of drug-likeness (QED) is 0.589. The molecule has 2 aromatic rings. The molecule has 0 amide bonds. The molecule has 1 unspecified atom stereocenters. The van der Waals surface area contributed by atoms with Crippen molar-refractivity contribution in [2.75, 3.05) is 6.16 Å². The van der Waals surface area contributed by atoms with Crippen molar-refractivity contribution < 1.29 is 28.9 Å². The summed E-state index contributed by atoms with van der Waals surface area (Å²) in [6, 6.07) is 9.01. The second-order valence-electron chi connectivity index (χ2n) is 6.97. The van der Waals surface area contributed by atoms with E-state index in [-0.39, 0.29) is 5.82 Å². The summed E-state index contributed by atoms with van der Waals surface area (Å²) in [4.78, 5) is 20.7. The first-order valence-electron chi connectivity index (χ1n) is 8.77. The highest BCUT2D eigenvalue weighted by Gasteiger charge is 2.22. The van der Waals surface area contributed by atoms with E-state index in [1.807, 2.05) is 25.1 Å². The predicted molar refractivity (Wildman–Crippen MR) is 108 cm³/mol. The van der Waals surface area contributed by atoms with E-state index in [0.717, 1.165) is 22.5 Å². The van der Waals surface area contributed by atoms with Gasteiger partial charge in [0.05, 0.1) is 18.7 Å². The molecular formula is C21H24FO5P. The minimum Gasteiger partial charge on any atom is -0.481 e. The van der Waals surface area contributed by atoms with E-state index in [0.29, 0.717) is 16.7 Å². The monoisotopic (exact) mass is 406 g/mol. The van der Waals surface area contributed by atoms with Gasteiger partial charge >= 0.3 is 5.97 Å². The normalized spacial score (nSPS) is 14.8. The van der Waals surface area contributed by atoms with Gasteiger partial charge in [-0.15, -0.1) is 0 Å². The molecule has 2 atom stereocenters. The molecule has 7 heteroatoms. The summed E-state index contributed by atoms with van der Waals surface area (Å²) in [6.07, 6.45) is -1.03. The van der Waals surface area contributed by atoms with Crippen LogP contribution < -0.4 is 0 Å². The Morgan fingerprint density at radius 3 is 2.36 bits per heavy atom. The topological polar surface area (TPSA) is 94.8 Å². The zero-order chi connectivity index (χ0) is 21.1. The van der Waals surface area contributed by atoms with Crippen molar-refractivity contribution in [1.82, 2.24) is 0 Å². The van der Waals surface area contributed by atoms with Crippen LogP contribution >= 0.6 is 7.37 Å². The zero-order valence-corrected chi connectivity index (χ0v) is 16.9. The lowest BCUT2D eigenvalue weighted by molar-refractivity contribution is -0.138. The standard InChI is InChI=1S/C21H24FO5P/c1-13-5-4-6-19(16-9-14(2)21(22)15(3)10-16)18(13)7-8-28(26,27)12-17(23)11-20(24)25/h4-10,17,23H,11-12H2,1-3H3,(H,24,25)(H,26,27)/t17-/m0/s1. The summed E-state index contributed by atoms with van der Waals surface area (Å²) in [5, 5.41) is 18.3. The summed E-state index contributed by atoms with van der Waals surface area (Å²) in [5.74, 6) is -0.381. The van der Waals surface area contributed by atoms with Crippen LogP contribution in [0.3, 0.4) is 0 Å². The third kappa shape index (κ3) is 5.61. The van der Waals surface area contributed by atoms with Crippen LogP contribution in [-0.2, 0) is 9.36 Å². The first kappa shape index (κ1) is 22.0. The van der Waals surface area contributed by atoms with Crippen molar-refractivity contribution in [2.45, 2.75) is 33.3 Å². The van der Waals surface area contributed by atoms with E-state index in [4.69, 9.17) is 5.11 Å². The van der Waals surface area contributed by atoms with Crippen molar-refractivity contribution in [1.29, 1.82) is 0 Å². The lowest BCUT2D eigenvalue weighted by Crippen LogP contribution is -2.16. The van der Waals surface area contributed by atoms with Crippen LogP contribution in [0.2, 0.25) is 0 Å². The van der Waals surface area contributed by atoms with E-state index in [2.05, 4.69) is 0 Å². The maximum absolute atomic E-state index is 14.0. The lowest BCUT2D eigenvalue weighted by atomic mass is 9.93. The first-order chi connectivity index (χ1) is 13.0. The SMILES string of the molecule is Cc1cc(-c2cccc(C)c2C=CP(=O)(O)C[C@@H](O)CC(=O)O)cc(C)c1F. The number of carbonyl (C=O) groups is 1. The van der Waals surface area contributed by atoms with Crippen LogP contribution in [0.25, 0.3) is 17.2 Å². The van der Waals surface area contributed by atoms with Crippen LogP contribution in [0.15, 0.2) is 36.1 Å². The van der Waals surface area contributed by atoms with Gasteiger partial charge in [0.2, 0.25) is 7.37 Å². The van der Waals surface area contributed by atoms with Crippen LogP contribution in [0.1, 0.15) is 28.7 Å². The van der Waals surface area contributed by atoms with Crippen LogP contribution in [-0.4, -0.2) is 33.3 Å². The van der Waals surface area contributed by atoms with Crippen molar-refractivity contribution in [3.63, 3.8) is 0 Å². The van der Waals surface area contributed by atoms with Gasteiger partial charge in [0.15, 0.2) is 0 Å². The fourth-order valence-corrected chi connectivity index (χ4v) is 4.31. The molecule has 2 rings (SSSR count). The van der Waals surface area contributed by atoms with Crippen LogP contribution in [0.4, 0.5) is 4.39 Å². The molecule has 0 spiro atoms. The van der Waals surface area contributed by atoms with E-state index in [9.17, 15) is 23.7 Å². The summed E-state index contributed by atoms with van der Waals surface area (Å²) in [7, 11) is -3.88. The fourth-order valence-electron chi connectivity index (χ4n) is 3.07. The van der Waals surface area contributed by atoms with Crippen molar-refractivity contribution in [3.05, 3.63) is 64.2 Å². The van der Waals surface area contributed by atoms with Gasteiger partial charge in [0.25, 0.3) is 0 Å². The van der Waals surface area contributed by atoms with E-state index < -0.39 is 32.0 Å². The summed E-state index contributed by atoms with van der Waals surface area (Å²) >= 11 is 0. The maximum atomic E-state index is 14.0. The lowest BCUT2D eigenvalue weighted by Gasteiger charge is -2.14. The molecule has 0 bridgehead atoms. The zero-order valence-electron chi connectivity index (χ0n) is 16.0. The number of benzene rings is 2. The Labute approximate surface area is 163 Å². The number of hydrogen-bond acceptors (Lipinski definition) is 3. The van der Waals surface area contributed by atoms with Crippen LogP contribution in [0, 0.1) is 26.6 Å². The maximum Gasteiger partial charge on any atom is 0.305 e. The largest absolute Gasteiger partial charge is 0.481 e. The van der Waals surface area contributed by atoms with E-state index in [1.54, 1.807) is 26.0 Å². The highest BCUT2D eigenvalue weighted by Crippen LogP contribution is 2.44. The molecule has 0 fully saturated rings. The summed E-state index contributed by atoms with van der Waals surface area (Å²) in [6.45, 7) is 5.22. The molecule has 3 N–H and O–H groups in total. The molecule has 28 heavy (non-hydrogen) atoms. The second kappa shape index (κ2) is 8.82. The minimum atomic E-state index is -3.88. The molecule has 5 nitrogen and oxygen atoms in total. The molecule has 0 aliphatic carbocycles. The number of aliphatic carboxylic acids is 1. The third-order valence-electron chi connectivity index (χ3n) is 4.43. The smallest absolute Gasteiger partial charge is 0.305 e. The van der Waals surface area contributed by atoms with Crippen molar-refractivity contribution >= 4 is 19.4 Å². The van der Waals surface area contributed by atoms with Gasteiger partial charge < -0.3 is 15.1 Å². The minimum absolute atomic E-state index is 0.263. The predicted octanol–water partition coefficient (Wildman–Crippen LogP) is 4.49. The van der Waals surface area contributed by atoms with Crippen molar-refractivity contribution in [2.24, 2.45) is 0 Å². The van der Waals surface area contributed by atoms with Gasteiger partial charge in [0.1, 0.15) is 5.82 Å². The molecule has 0 aliphatic rings. The van der Waals surface area contributed by atoms with Gasteiger partial charge in [0, 0.05) is 5.82 Å². The number of aryl methyl sites for hydroxylation is 3.